The van der Waals surface area contributed by atoms with Crippen LogP contribution in [-0.4, -0.2) is 120 Å². The van der Waals surface area contributed by atoms with Crippen molar-refractivity contribution in [2.45, 2.75) is 67.3 Å². The highest BCUT2D eigenvalue weighted by Gasteiger charge is 2.52. The van der Waals surface area contributed by atoms with Crippen molar-refractivity contribution in [3.63, 3.8) is 0 Å². The van der Waals surface area contributed by atoms with E-state index in [1.807, 2.05) is 0 Å². The van der Waals surface area contributed by atoms with Crippen LogP contribution in [0.4, 0.5) is 0 Å². The van der Waals surface area contributed by atoms with E-state index >= 15 is 0 Å². The van der Waals surface area contributed by atoms with Crippen molar-refractivity contribution >= 4 is 0 Å². The maximum Gasteiger partial charge on any atom is 0.187 e. The molecule has 1 aliphatic carbocycles. The minimum Gasteiger partial charge on any atom is -0.394 e. The predicted molar refractivity (Wildman–Crippen MR) is 68.7 cm³/mol. The highest BCUT2D eigenvalue weighted by Crippen LogP contribution is 2.29. The molecule has 136 valence electrons. The Morgan fingerprint density at radius 1 is 0.609 bits per heavy atom. The highest BCUT2D eigenvalue weighted by atomic mass is 16.7. The Labute approximate surface area is 130 Å². The summed E-state index contributed by atoms with van der Waals surface area (Å²) in [6.07, 6.45) is -18.9. The molecule has 1 saturated heterocycles. The molecule has 2 aliphatic rings. The van der Waals surface area contributed by atoms with Crippen LogP contribution in [0.3, 0.4) is 0 Å². The zero-order valence-electron chi connectivity index (χ0n) is 11.9. The molecule has 0 aromatic heterocycles. The molecule has 1 saturated carbocycles. The van der Waals surface area contributed by atoms with E-state index in [0.717, 1.165) is 0 Å². The van der Waals surface area contributed by atoms with Crippen LogP contribution in [0.2, 0.25) is 0 Å². The van der Waals surface area contributed by atoms with Crippen molar-refractivity contribution in [1.82, 2.24) is 0 Å². The van der Waals surface area contributed by atoms with Crippen LogP contribution in [0.25, 0.3) is 0 Å². The van der Waals surface area contributed by atoms with Gasteiger partial charge in [-0.25, -0.2) is 0 Å². The van der Waals surface area contributed by atoms with Crippen molar-refractivity contribution in [3.8, 4) is 0 Å². The number of hydrogen-bond acceptors (Lipinski definition) is 11. The molecule has 0 spiro atoms. The first-order chi connectivity index (χ1) is 10.7. The van der Waals surface area contributed by atoms with Crippen LogP contribution in [0, 0.1) is 0 Å². The second kappa shape index (κ2) is 7.21. The Balaban J connectivity index is 2.13. The van der Waals surface area contributed by atoms with Crippen LogP contribution in [-0.2, 0) is 9.47 Å². The third-order valence-corrected chi connectivity index (χ3v) is 4.21. The van der Waals surface area contributed by atoms with E-state index < -0.39 is 73.9 Å². The predicted octanol–water partition coefficient (Wildman–Crippen LogP) is -6.01. The van der Waals surface area contributed by atoms with Gasteiger partial charge in [-0.3, -0.25) is 0 Å². The molecular formula is C12H22O11. The van der Waals surface area contributed by atoms with Crippen molar-refractivity contribution in [2.75, 3.05) is 6.61 Å². The third-order valence-electron chi connectivity index (χ3n) is 4.21. The molecule has 9 N–H and O–H groups in total. The zero-order chi connectivity index (χ0) is 17.5. The maximum atomic E-state index is 9.85. The molecule has 2 rings (SSSR count). The molecule has 11 heteroatoms. The molecule has 0 amide bonds. The molecule has 23 heavy (non-hydrogen) atoms. The normalized spacial score (nSPS) is 54.9. The summed E-state index contributed by atoms with van der Waals surface area (Å²) in [6.45, 7) is -0.704. The zero-order valence-corrected chi connectivity index (χ0v) is 11.9. The number of hydrogen-bond donors (Lipinski definition) is 9. The summed E-state index contributed by atoms with van der Waals surface area (Å²) in [5, 5.41) is 86.6. The van der Waals surface area contributed by atoms with Gasteiger partial charge in [0.1, 0.15) is 61.0 Å². The van der Waals surface area contributed by atoms with Gasteiger partial charge in [0.05, 0.1) is 6.61 Å². The molecule has 1 heterocycles. The molecule has 11 nitrogen and oxygen atoms in total. The van der Waals surface area contributed by atoms with Gasteiger partial charge in [0, 0.05) is 0 Å². The molecular weight excluding hydrogens is 320 g/mol. The van der Waals surface area contributed by atoms with Gasteiger partial charge in [-0.15, -0.1) is 0 Å². The van der Waals surface area contributed by atoms with Crippen LogP contribution >= 0.6 is 0 Å². The topological polar surface area (TPSA) is 201 Å². The smallest absolute Gasteiger partial charge is 0.187 e. The lowest BCUT2D eigenvalue weighted by atomic mass is 9.84. The van der Waals surface area contributed by atoms with Crippen molar-refractivity contribution in [1.29, 1.82) is 0 Å². The van der Waals surface area contributed by atoms with E-state index in [1.165, 1.54) is 0 Å². The summed E-state index contributed by atoms with van der Waals surface area (Å²) >= 11 is 0. The van der Waals surface area contributed by atoms with Gasteiger partial charge in [0.25, 0.3) is 0 Å². The fourth-order valence-corrected chi connectivity index (χ4v) is 2.69. The number of aliphatic hydroxyl groups is 9. The first-order valence-electron chi connectivity index (χ1n) is 7.07. The van der Waals surface area contributed by atoms with Crippen LogP contribution in [0.15, 0.2) is 0 Å². The van der Waals surface area contributed by atoms with E-state index in [9.17, 15) is 40.9 Å². The SMILES string of the molecule is OC[C@H]1OC(O[C@@H]2[C@@H](O)[C@H](O)[C@@H](O)[C@H](O)[C@@H]2O)[C@@H](O)[C@@H](O)[C@@H]1O. The Morgan fingerprint density at radius 2 is 1.04 bits per heavy atom. The summed E-state index contributed by atoms with van der Waals surface area (Å²) in [5.41, 5.74) is 0. The lowest BCUT2D eigenvalue weighted by Crippen LogP contribution is -2.67. The van der Waals surface area contributed by atoms with E-state index in [0.29, 0.717) is 0 Å². The first kappa shape index (κ1) is 18.9. The largest absolute Gasteiger partial charge is 0.394 e. The second-order valence-corrected chi connectivity index (χ2v) is 5.75. The molecule has 0 radical (unpaired) electrons. The molecule has 2 fully saturated rings. The van der Waals surface area contributed by atoms with Gasteiger partial charge < -0.3 is 55.4 Å². The van der Waals surface area contributed by atoms with Crippen molar-refractivity contribution in [3.05, 3.63) is 0 Å². The second-order valence-electron chi connectivity index (χ2n) is 5.75. The van der Waals surface area contributed by atoms with E-state index in [1.54, 1.807) is 0 Å². The van der Waals surface area contributed by atoms with Crippen molar-refractivity contribution < 1.29 is 55.4 Å². The summed E-state index contributed by atoms with van der Waals surface area (Å²) in [6, 6.07) is 0. The monoisotopic (exact) mass is 342 g/mol. The summed E-state index contributed by atoms with van der Waals surface area (Å²) in [4.78, 5) is 0. The molecule has 11 atom stereocenters. The minimum atomic E-state index is -1.83. The summed E-state index contributed by atoms with van der Waals surface area (Å²) < 4.78 is 10.2. The van der Waals surface area contributed by atoms with Gasteiger partial charge in [-0.1, -0.05) is 0 Å². The Morgan fingerprint density at radius 3 is 1.52 bits per heavy atom. The third kappa shape index (κ3) is 3.36. The Kier molecular flexibility index (Phi) is 5.92. The molecule has 1 aliphatic heterocycles. The first-order valence-corrected chi connectivity index (χ1v) is 7.07. The van der Waals surface area contributed by atoms with Crippen LogP contribution < -0.4 is 0 Å². The maximum absolute atomic E-state index is 9.85. The molecule has 0 bridgehead atoms. The number of ether oxygens (including phenoxy) is 2. The Bertz CT molecular complexity index is 377. The summed E-state index contributed by atoms with van der Waals surface area (Å²) in [5.74, 6) is 0. The van der Waals surface area contributed by atoms with Crippen LogP contribution in [0.5, 0.6) is 0 Å². The minimum absolute atomic E-state index is 0.704. The van der Waals surface area contributed by atoms with Gasteiger partial charge in [0.2, 0.25) is 0 Å². The lowest BCUT2D eigenvalue weighted by Gasteiger charge is -2.45. The fraction of sp³-hybridized carbons (Fsp3) is 1.00. The van der Waals surface area contributed by atoms with E-state index in [2.05, 4.69) is 0 Å². The van der Waals surface area contributed by atoms with Gasteiger partial charge in [0.15, 0.2) is 6.29 Å². The van der Waals surface area contributed by atoms with Gasteiger partial charge in [-0.2, -0.15) is 0 Å². The molecule has 1 unspecified atom stereocenters. The van der Waals surface area contributed by atoms with Gasteiger partial charge in [-0.05, 0) is 0 Å². The van der Waals surface area contributed by atoms with Crippen molar-refractivity contribution in [2.24, 2.45) is 0 Å². The quantitative estimate of drug-likeness (QED) is 0.236. The average Bonchev–Trinajstić information content (AvgIpc) is 2.54. The van der Waals surface area contributed by atoms with Crippen LogP contribution in [0.1, 0.15) is 0 Å². The standard InChI is InChI=1S/C12H22O11/c13-1-2-3(14)4(15)10(21)12(22-2)23-11-8(19)6(17)5(16)7(18)9(11)20/h2-21H,1H2/t2-,3-,4+,5-,6-,7+,8+,9+,10+,11-,12?/m1/s1. The number of rotatable bonds is 3. The molecule has 0 aromatic carbocycles. The lowest BCUT2D eigenvalue weighted by molar-refractivity contribution is -0.339. The van der Waals surface area contributed by atoms with E-state index in [4.69, 9.17) is 14.6 Å². The van der Waals surface area contributed by atoms with E-state index in [-0.39, 0.29) is 0 Å². The van der Waals surface area contributed by atoms with Gasteiger partial charge >= 0.3 is 0 Å². The highest BCUT2D eigenvalue weighted by molar-refractivity contribution is 5.00. The summed E-state index contributed by atoms with van der Waals surface area (Å²) in [7, 11) is 0. The fourth-order valence-electron chi connectivity index (χ4n) is 2.69. The number of aliphatic hydroxyl groups excluding tert-OH is 9. The average molecular weight is 342 g/mol. The Hall–Kier alpha value is -0.440. The molecule has 0 aromatic rings.